The summed E-state index contributed by atoms with van der Waals surface area (Å²) in [7, 11) is 1.18. The van der Waals surface area contributed by atoms with E-state index < -0.39 is 24.5 Å². The molecule has 6 heteroatoms. The fraction of sp³-hybridized carbons (Fsp3) is 0.222. The van der Waals surface area contributed by atoms with Crippen LogP contribution in [0.2, 0.25) is 0 Å². The molecule has 24 heavy (non-hydrogen) atoms. The predicted molar refractivity (Wildman–Crippen MR) is 88.4 cm³/mol. The average molecular weight is 329 g/mol. The van der Waals surface area contributed by atoms with E-state index in [1.165, 1.54) is 7.11 Å². The molecule has 2 N–H and O–H groups in total. The molecule has 6 nitrogen and oxygen atoms in total. The fourth-order valence-electron chi connectivity index (χ4n) is 2.08. The first-order valence-electron chi connectivity index (χ1n) is 7.40. The standard InChI is InChI=1S/C18H19NO5/c1-23-18(22)16(11-20)19-17(21)12-24-15-9-7-14(8-10-15)13-5-3-2-4-6-13/h2-10,16,20H,11-12H2,1H3,(H,19,21)/t16-/m1/s1. The molecule has 0 unspecified atom stereocenters. The quantitative estimate of drug-likeness (QED) is 0.750. The Labute approximate surface area is 140 Å². The van der Waals surface area contributed by atoms with Gasteiger partial charge in [0.2, 0.25) is 0 Å². The Balaban J connectivity index is 1.88. The van der Waals surface area contributed by atoms with Gasteiger partial charge >= 0.3 is 5.97 Å². The van der Waals surface area contributed by atoms with Gasteiger partial charge in [0.1, 0.15) is 5.75 Å². The predicted octanol–water partition coefficient (Wildman–Crippen LogP) is 1.38. The summed E-state index contributed by atoms with van der Waals surface area (Å²) in [5.74, 6) is -0.701. The maximum absolute atomic E-state index is 11.7. The maximum atomic E-state index is 11.7. The van der Waals surface area contributed by atoms with Gasteiger partial charge in [0.25, 0.3) is 5.91 Å². The van der Waals surface area contributed by atoms with Crippen molar-refractivity contribution in [3.05, 3.63) is 54.6 Å². The summed E-state index contributed by atoms with van der Waals surface area (Å²) in [4.78, 5) is 23.0. The highest BCUT2D eigenvalue weighted by atomic mass is 16.5. The number of esters is 1. The third kappa shape index (κ3) is 4.82. The minimum atomic E-state index is -1.09. The third-order valence-corrected chi connectivity index (χ3v) is 3.33. The van der Waals surface area contributed by atoms with Crippen LogP contribution in [0.25, 0.3) is 11.1 Å². The number of methoxy groups -OCH3 is 1. The van der Waals surface area contributed by atoms with Crippen LogP contribution in [0.1, 0.15) is 0 Å². The number of carbonyl (C=O) groups is 2. The zero-order valence-electron chi connectivity index (χ0n) is 13.3. The van der Waals surface area contributed by atoms with Crippen molar-refractivity contribution in [1.82, 2.24) is 5.32 Å². The highest BCUT2D eigenvalue weighted by Gasteiger charge is 2.20. The van der Waals surface area contributed by atoms with E-state index in [1.807, 2.05) is 42.5 Å². The van der Waals surface area contributed by atoms with E-state index in [1.54, 1.807) is 12.1 Å². The first-order valence-corrected chi connectivity index (χ1v) is 7.40. The smallest absolute Gasteiger partial charge is 0.330 e. The van der Waals surface area contributed by atoms with Crippen LogP contribution in [0, 0.1) is 0 Å². The van der Waals surface area contributed by atoms with E-state index in [2.05, 4.69) is 10.1 Å². The zero-order valence-corrected chi connectivity index (χ0v) is 13.3. The van der Waals surface area contributed by atoms with Gasteiger partial charge in [-0.2, -0.15) is 0 Å². The van der Waals surface area contributed by atoms with Gasteiger partial charge in [-0.3, -0.25) is 4.79 Å². The number of hydrogen-bond acceptors (Lipinski definition) is 5. The highest BCUT2D eigenvalue weighted by Crippen LogP contribution is 2.21. The van der Waals surface area contributed by atoms with Gasteiger partial charge in [-0.1, -0.05) is 42.5 Å². The summed E-state index contributed by atoms with van der Waals surface area (Å²) in [6, 6.07) is 16.1. The van der Waals surface area contributed by atoms with E-state index in [4.69, 9.17) is 9.84 Å². The van der Waals surface area contributed by atoms with Crippen LogP contribution in [0.3, 0.4) is 0 Å². The minimum absolute atomic E-state index is 0.266. The normalized spacial score (nSPS) is 11.4. The lowest BCUT2D eigenvalue weighted by Crippen LogP contribution is -2.45. The van der Waals surface area contributed by atoms with Crippen LogP contribution in [0.15, 0.2) is 54.6 Å². The number of hydrogen-bond donors (Lipinski definition) is 2. The molecule has 0 saturated heterocycles. The third-order valence-electron chi connectivity index (χ3n) is 3.33. The van der Waals surface area contributed by atoms with E-state index in [9.17, 15) is 9.59 Å². The highest BCUT2D eigenvalue weighted by molar-refractivity contribution is 5.85. The van der Waals surface area contributed by atoms with Gasteiger partial charge in [0, 0.05) is 0 Å². The molecule has 0 spiro atoms. The van der Waals surface area contributed by atoms with E-state index in [-0.39, 0.29) is 6.61 Å². The second-order valence-corrected chi connectivity index (χ2v) is 5.00. The fourth-order valence-corrected chi connectivity index (χ4v) is 2.08. The van der Waals surface area contributed by atoms with Gasteiger partial charge in [-0.15, -0.1) is 0 Å². The second kappa shape index (κ2) is 8.69. The van der Waals surface area contributed by atoms with Crippen LogP contribution in [0.4, 0.5) is 0 Å². The summed E-state index contributed by atoms with van der Waals surface area (Å²) >= 11 is 0. The molecule has 1 amide bonds. The molecule has 2 aromatic carbocycles. The molecular formula is C18H19NO5. The molecule has 0 aliphatic rings. The molecule has 0 aromatic heterocycles. The second-order valence-electron chi connectivity index (χ2n) is 5.00. The van der Waals surface area contributed by atoms with E-state index in [0.717, 1.165) is 11.1 Å². The zero-order chi connectivity index (χ0) is 17.4. The van der Waals surface area contributed by atoms with Gasteiger partial charge < -0.3 is 19.9 Å². The number of aliphatic hydroxyl groups is 1. The summed E-state index contributed by atoms with van der Waals surface area (Å²) in [6.45, 7) is -0.803. The molecular weight excluding hydrogens is 310 g/mol. The summed E-state index contributed by atoms with van der Waals surface area (Å²) in [6.07, 6.45) is 0. The lowest BCUT2D eigenvalue weighted by molar-refractivity contribution is -0.146. The Bertz CT molecular complexity index is 670. The summed E-state index contributed by atoms with van der Waals surface area (Å²) in [5, 5.41) is 11.4. The first kappa shape index (κ1) is 17.5. The van der Waals surface area contributed by atoms with Crippen molar-refractivity contribution in [1.29, 1.82) is 0 Å². The SMILES string of the molecule is COC(=O)[C@@H](CO)NC(=O)COc1ccc(-c2ccccc2)cc1. The molecule has 2 aromatic rings. The van der Waals surface area contributed by atoms with Crippen LogP contribution < -0.4 is 10.1 Å². The molecule has 0 fully saturated rings. The van der Waals surface area contributed by atoms with Crippen LogP contribution >= 0.6 is 0 Å². The van der Waals surface area contributed by atoms with Crippen molar-refractivity contribution in [2.75, 3.05) is 20.3 Å². The molecule has 0 aliphatic heterocycles. The number of carbonyl (C=O) groups excluding carboxylic acids is 2. The Morgan fingerprint density at radius 2 is 1.67 bits per heavy atom. The molecule has 0 radical (unpaired) electrons. The molecule has 0 heterocycles. The van der Waals surface area contributed by atoms with Gasteiger partial charge in [0.05, 0.1) is 13.7 Å². The van der Waals surface area contributed by atoms with Crippen molar-refractivity contribution < 1.29 is 24.2 Å². The number of nitrogens with one attached hydrogen (secondary N) is 1. The molecule has 0 saturated carbocycles. The molecule has 2 rings (SSSR count). The van der Waals surface area contributed by atoms with Gasteiger partial charge in [-0.25, -0.2) is 4.79 Å². The number of ether oxygens (including phenoxy) is 2. The van der Waals surface area contributed by atoms with Crippen molar-refractivity contribution in [2.24, 2.45) is 0 Å². The molecule has 0 aliphatic carbocycles. The van der Waals surface area contributed by atoms with Crippen LogP contribution in [0.5, 0.6) is 5.75 Å². The van der Waals surface area contributed by atoms with Crippen molar-refractivity contribution in [3.8, 4) is 16.9 Å². The largest absolute Gasteiger partial charge is 0.484 e. The van der Waals surface area contributed by atoms with Crippen molar-refractivity contribution >= 4 is 11.9 Å². The monoisotopic (exact) mass is 329 g/mol. The van der Waals surface area contributed by atoms with Crippen molar-refractivity contribution in [2.45, 2.75) is 6.04 Å². The summed E-state index contributed by atoms with van der Waals surface area (Å²) < 4.78 is 9.84. The number of rotatable bonds is 7. The number of aliphatic hydroxyl groups excluding tert-OH is 1. The molecule has 1 atom stereocenters. The molecule has 0 bridgehead atoms. The van der Waals surface area contributed by atoms with Gasteiger partial charge in [0.15, 0.2) is 12.6 Å². The first-order chi connectivity index (χ1) is 11.6. The van der Waals surface area contributed by atoms with E-state index >= 15 is 0 Å². The van der Waals surface area contributed by atoms with Crippen LogP contribution in [-0.4, -0.2) is 43.3 Å². The average Bonchev–Trinajstić information content (AvgIpc) is 2.65. The topological polar surface area (TPSA) is 84.9 Å². The van der Waals surface area contributed by atoms with E-state index in [0.29, 0.717) is 5.75 Å². The minimum Gasteiger partial charge on any atom is -0.484 e. The molecule has 126 valence electrons. The lowest BCUT2D eigenvalue weighted by Gasteiger charge is -2.14. The Morgan fingerprint density at radius 3 is 2.25 bits per heavy atom. The van der Waals surface area contributed by atoms with Crippen molar-refractivity contribution in [3.63, 3.8) is 0 Å². The number of benzene rings is 2. The Kier molecular flexibility index (Phi) is 6.33. The van der Waals surface area contributed by atoms with Gasteiger partial charge in [-0.05, 0) is 23.3 Å². The Hall–Kier alpha value is -2.86. The lowest BCUT2D eigenvalue weighted by atomic mass is 10.1. The number of amides is 1. The summed E-state index contributed by atoms with van der Waals surface area (Å²) in [5.41, 5.74) is 2.13. The Morgan fingerprint density at radius 1 is 1.04 bits per heavy atom. The maximum Gasteiger partial charge on any atom is 0.330 e. The van der Waals surface area contributed by atoms with Crippen LogP contribution in [-0.2, 0) is 14.3 Å².